The number of hydrogen-bond acceptors (Lipinski definition) is 1. The molecule has 59 valence electrons. The quantitative estimate of drug-likeness (QED) is 0.577. The molecule has 11 heavy (non-hydrogen) atoms. The van der Waals surface area contributed by atoms with Crippen LogP contribution in [0.5, 0.6) is 0 Å². The summed E-state index contributed by atoms with van der Waals surface area (Å²) in [7, 11) is 0. The van der Waals surface area contributed by atoms with E-state index in [4.69, 9.17) is 0 Å². The molecule has 1 radical (unpaired) electrons. The summed E-state index contributed by atoms with van der Waals surface area (Å²) in [5, 5.41) is 0. The molecule has 0 atom stereocenters. The van der Waals surface area contributed by atoms with Gasteiger partial charge in [-0.15, -0.1) is 19.8 Å². The second-order valence-electron chi connectivity index (χ2n) is 2.66. The van der Waals surface area contributed by atoms with Crippen LogP contribution in [-0.4, -0.2) is 5.78 Å². The molecule has 0 N–H and O–H groups in total. The van der Waals surface area contributed by atoms with Gasteiger partial charge in [-0.2, -0.15) is 12.0 Å². The molecule has 1 rings (SSSR count). The van der Waals surface area contributed by atoms with Crippen molar-refractivity contribution in [2.24, 2.45) is 0 Å². The maximum atomic E-state index is 11.1. The number of rotatable bonds is 0. The zero-order valence-electron chi connectivity index (χ0n) is 7.05. The van der Waals surface area contributed by atoms with E-state index >= 15 is 0 Å². The van der Waals surface area contributed by atoms with E-state index in [1.54, 1.807) is 6.42 Å². The summed E-state index contributed by atoms with van der Waals surface area (Å²) >= 11 is 0. The minimum atomic E-state index is 0. The van der Waals surface area contributed by atoms with Gasteiger partial charge in [0, 0.05) is 38.5 Å². The van der Waals surface area contributed by atoms with Crippen molar-refractivity contribution in [3.05, 3.63) is 24.0 Å². The van der Waals surface area contributed by atoms with Gasteiger partial charge in [0.15, 0.2) is 0 Å². The molecule has 0 fully saturated rings. The molecule has 0 unspecified atom stereocenters. The zero-order chi connectivity index (χ0) is 7.56. The van der Waals surface area contributed by atoms with E-state index in [0.717, 1.165) is 24.0 Å². The molecule has 0 amide bonds. The van der Waals surface area contributed by atoms with Gasteiger partial charge in [-0.3, -0.25) is 0 Å². The summed E-state index contributed by atoms with van der Waals surface area (Å²) < 4.78 is 0. The number of carbonyl (C=O) groups excluding carboxylic acids is 1. The van der Waals surface area contributed by atoms with Gasteiger partial charge in [-0.1, -0.05) is 6.92 Å². The molecule has 0 aromatic heterocycles. The average Bonchev–Trinajstić information content (AvgIpc) is 2.04. The molecule has 0 aromatic rings. The molecular weight excluding hydrogens is 213 g/mol. The van der Waals surface area contributed by atoms with E-state index in [-0.39, 0.29) is 38.5 Å². The molecule has 2 heteroatoms. The van der Waals surface area contributed by atoms with E-state index in [1.807, 2.05) is 13.8 Å². The molecule has 0 bridgehead atoms. The Bertz CT molecular complexity index is 182. The van der Waals surface area contributed by atoms with E-state index in [1.165, 1.54) is 0 Å². The first-order chi connectivity index (χ1) is 4.72. The fourth-order valence-electron chi connectivity index (χ4n) is 1.01. The van der Waals surface area contributed by atoms with E-state index in [2.05, 4.69) is 6.42 Å². The number of ketones is 1. The third kappa shape index (κ3) is 3.00. The number of allylic oxidation sites excluding steroid dienone is 2. The van der Waals surface area contributed by atoms with Crippen LogP contribution < -0.4 is 0 Å². The Morgan fingerprint density at radius 1 is 1.18 bits per heavy atom. The Balaban J connectivity index is 0.000001000. The monoisotopic (exact) mass is 225 g/mol. The van der Waals surface area contributed by atoms with E-state index in [9.17, 15) is 4.79 Å². The molecule has 0 saturated heterocycles. The van der Waals surface area contributed by atoms with Gasteiger partial charge in [0.2, 0.25) is 0 Å². The Morgan fingerprint density at radius 3 is 2.36 bits per heavy atom. The van der Waals surface area contributed by atoms with Crippen LogP contribution in [0.4, 0.5) is 0 Å². The van der Waals surface area contributed by atoms with Crippen molar-refractivity contribution in [3.63, 3.8) is 0 Å². The summed E-state index contributed by atoms with van der Waals surface area (Å²) in [6.45, 7) is 3.88. The maximum absolute atomic E-state index is 11.1. The second kappa shape index (κ2) is 5.00. The van der Waals surface area contributed by atoms with Crippen LogP contribution in [0.15, 0.2) is 11.1 Å². The summed E-state index contributed by atoms with van der Waals surface area (Å²) in [5.41, 5.74) is 2.04. The van der Waals surface area contributed by atoms with E-state index in [0.29, 0.717) is 0 Å². The Kier molecular flexibility index (Phi) is 5.11. The van der Waals surface area contributed by atoms with E-state index < -0.39 is 0 Å². The van der Waals surface area contributed by atoms with Crippen molar-refractivity contribution in [2.75, 3.05) is 0 Å². The summed E-state index contributed by atoms with van der Waals surface area (Å²) in [6, 6.07) is 0. The zero-order valence-corrected chi connectivity index (χ0v) is 9.89. The van der Waals surface area contributed by atoms with Crippen molar-refractivity contribution < 1.29 is 37.5 Å². The predicted octanol–water partition coefficient (Wildman–Crippen LogP) is 2.09. The Hall–Kier alpha value is 0.254. The third-order valence-electron chi connectivity index (χ3n) is 1.91. The molecule has 0 aliphatic heterocycles. The van der Waals surface area contributed by atoms with Crippen LogP contribution in [0.1, 0.15) is 26.7 Å². The second-order valence-corrected chi connectivity index (χ2v) is 2.66. The van der Waals surface area contributed by atoms with Crippen LogP contribution in [-0.2, 0) is 37.5 Å². The van der Waals surface area contributed by atoms with Crippen LogP contribution in [0.25, 0.3) is 0 Å². The minimum absolute atomic E-state index is 0. The van der Waals surface area contributed by atoms with Gasteiger partial charge in [-0.05, 0) is 0 Å². The SMILES string of the molecule is CC1=C(C)C(=O)[CH-]CC[CH-]1.[Y]. The van der Waals surface area contributed by atoms with Crippen molar-refractivity contribution in [3.8, 4) is 0 Å². The van der Waals surface area contributed by atoms with Crippen LogP contribution in [0, 0.1) is 12.8 Å². The topological polar surface area (TPSA) is 17.1 Å². The van der Waals surface area contributed by atoms with Crippen molar-refractivity contribution in [1.82, 2.24) is 0 Å². The maximum Gasteiger partial charge on any atom is 0.0193 e. The first-order valence-corrected chi connectivity index (χ1v) is 3.60. The molecule has 0 aromatic carbocycles. The molecule has 0 saturated carbocycles. The standard InChI is InChI=1S/C9H12O.Y/c1-7-5-3-4-6-9(10)8(7)2;/h5-6H,3-4H2,1-2H3;/q-2;. The van der Waals surface area contributed by atoms with Gasteiger partial charge in [0.1, 0.15) is 0 Å². The van der Waals surface area contributed by atoms with Gasteiger partial charge in [0.05, 0.1) is 0 Å². The summed E-state index contributed by atoms with van der Waals surface area (Å²) in [5.74, 6) is 0.200. The largest absolute Gasteiger partial charge is 0.332 e. The fourth-order valence-corrected chi connectivity index (χ4v) is 1.01. The fraction of sp³-hybridized carbons (Fsp3) is 0.444. The summed E-state index contributed by atoms with van der Waals surface area (Å²) in [4.78, 5) is 11.1. The van der Waals surface area contributed by atoms with Gasteiger partial charge < -0.3 is 4.79 Å². The molecule has 1 aliphatic carbocycles. The average molecular weight is 225 g/mol. The first-order valence-electron chi connectivity index (χ1n) is 3.60. The van der Waals surface area contributed by atoms with Crippen molar-refractivity contribution >= 4 is 5.78 Å². The van der Waals surface area contributed by atoms with Gasteiger partial charge in [0.25, 0.3) is 0 Å². The van der Waals surface area contributed by atoms with Gasteiger partial charge in [-0.25, -0.2) is 12.0 Å². The number of carbonyl (C=O) groups is 1. The normalized spacial score (nSPS) is 17.8. The van der Waals surface area contributed by atoms with Crippen LogP contribution in [0.3, 0.4) is 0 Å². The number of hydrogen-bond donors (Lipinski definition) is 0. The Labute approximate surface area is 93.5 Å². The van der Waals surface area contributed by atoms with Crippen LogP contribution >= 0.6 is 0 Å². The van der Waals surface area contributed by atoms with Crippen molar-refractivity contribution in [1.29, 1.82) is 0 Å². The molecular formula is C9H12OY-2. The van der Waals surface area contributed by atoms with Gasteiger partial charge >= 0.3 is 0 Å². The summed E-state index contributed by atoms with van der Waals surface area (Å²) in [6.07, 6.45) is 5.79. The molecule has 1 aliphatic rings. The first kappa shape index (κ1) is 11.3. The minimum Gasteiger partial charge on any atom is -0.332 e. The van der Waals surface area contributed by atoms with Crippen LogP contribution in [0.2, 0.25) is 0 Å². The smallest absolute Gasteiger partial charge is 0.0193 e. The van der Waals surface area contributed by atoms with Crippen molar-refractivity contribution in [2.45, 2.75) is 26.7 Å². The third-order valence-corrected chi connectivity index (χ3v) is 1.91. The predicted molar refractivity (Wildman–Crippen MR) is 41.2 cm³/mol. The number of Topliss-reactive ketones (excluding diaryl/α,β-unsaturated/α-hetero) is 1. The molecule has 0 heterocycles. The molecule has 0 spiro atoms. The molecule has 1 nitrogen and oxygen atoms in total. The Morgan fingerprint density at radius 2 is 1.73 bits per heavy atom.